The van der Waals surface area contributed by atoms with Crippen LogP contribution in [0.2, 0.25) is 10.0 Å². The Morgan fingerprint density at radius 2 is 2.07 bits per heavy atom. The molecule has 1 aromatic carbocycles. The number of nitrogens with two attached hydrogens (primary N) is 1. The highest BCUT2D eigenvalue weighted by Crippen LogP contribution is 2.30. The number of rotatable bonds is 4. The smallest absolute Gasteiger partial charge is 0.268 e. The van der Waals surface area contributed by atoms with Gasteiger partial charge < -0.3 is 10.6 Å². The van der Waals surface area contributed by atoms with E-state index in [1.807, 2.05) is 18.0 Å². The molecule has 10 heteroatoms. The van der Waals surface area contributed by atoms with Crippen molar-refractivity contribution in [1.82, 2.24) is 24.6 Å². The SMILES string of the molecule is CC[C@@H](c1nc2c(Cl)ccc(Cl)c2c(=O)n1-c1ccn[nH]1)N1C=CN=C(N)C1. The van der Waals surface area contributed by atoms with Crippen molar-refractivity contribution >= 4 is 39.9 Å². The predicted molar refractivity (Wildman–Crippen MR) is 110 cm³/mol. The lowest BCUT2D eigenvalue weighted by Crippen LogP contribution is -2.38. The van der Waals surface area contributed by atoms with Crippen LogP contribution < -0.4 is 11.3 Å². The number of amidine groups is 1. The standard InChI is InChI=1S/C18H17Cl2N7O/c1-2-12(26-8-7-22-13(21)9-26)17-24-16-11(20)4-3-10(19)15(16)18(28)27(17)14-5-6-23-25-14/h3-8,12H,2,9H2,1H3,(H2,21,22)(H,23,25)/t12-/m0/s1. The van der Waals surface area contributed by atoms with Gasteiger partial charge in [0.1, 0.15) is 17.5 Å². The normalized spacial score (nSPS) is 15.1. The quantitative estimate of drug-likeness (QED) is 0.678. The first-order valence-electron chi connectivity index (χ1n) is 8.66. The van der Waals surface area contributed by atoms with Crippen molar-refractivity contribution in [3.63, 3.8) is 0 Å². The Kier molecular flexibility index (Phi) is 4.82. The number of H-pyrrole nitrogens is 1. The lowest BCUT2D eigenvalue weighted by Gasteiger charge is -2.31. The summed E-state index contributed by atoms with van der Waals surface area (Å²) < 4.78 is 1.49. The minimum atomic E-state index is -0.321. The molecule has 1 aliphatic heterocycles. The first kappa shape index (κ1) is 18.5. The third-order valence-corrected chi connectivity index (χ3v) is 5.23. The minimum Gasteiger partial charge on any atom is -0.386 e. The molecular formula is C18H17Cl2N7O. The van der Waals surface area contributed by atoms with Crippen LogP contribution in [0.25, 0.3) is 16.7 Å². The predicted octanol–water partition coefficient (Wildman–Crippen LogP) is 3.01. The molecular weight excluding hydrogens is 401 g/mol. The fraction of sp³-hybridized carbons (Fsp3) is 0.222. The van der Waals surface area contributed by atoms with Crippen LogP contribution in [-0.4, -0.2) is 37.0 Å². The molecule has 2 aromatic heterocycles. The van der Waals surface area contributed by atoms with Crippen molar-refractivity contribution in [3.8, 4) is 5.82 Å². The Labute approximate surface area is 170 Å². The van der Waals surface area contributed by atoms with Crippen LogP contribution in [0.3, 0.4) is 0 Å². The number of aromatic amines is 1. The Bertz CT molecular complexity index is 1150. The van der Waals surface area contributed by atoms with Crippen molar-refractivity contribution < 1.29 is 0 Å². The summed E-state index contributed by atoms with van der Waals surface area (Å²) in [6, 6.07) is 4.68. The number of halogens is 2. The molecule has 3 aromatic rings. The van der Waals surface area contributed by atoms with Gasteiger partial charge in [0.25, 0.3) is 5.56 Å². The molecule has 1 atom stereocenters. The van der Waals surface area contributed by atoms with Crippen molar-refractivity contribution in [2.75, 3.05) is 6.54 Å². The van der Waals surface area contributed by atoms with E-state index < -0.39 is 0 Å². The van der Waals surface area contributed by atoms with Gasteiger partial charge in [0, 0.05) is 18.5 Å². The summed E-state index contributed by atoms with van der Waals surface area (Å²) in [5, 5.41) is 7.72. The number of aromatic nitrogens is 4. The Morgan fingerprint density at radius 3 is 2.75 bits per heavy atom. The summed E-state index contributed by atoms with van der Waals surface area (Å²) in [5.74, 6) is 1.48. The molecule has 0 bridgehead atoms. The van der Waals surface area contributed by atoms with Crippen LogP contribution in [0.1, 0.15) is 25.2 Å². The minimum absolute atomic E-state index is 0.249. The van der Waals surface area contributed by atoms with Crippen LogP contribution in [0.15, 0.2) is 46.6 Å². The molecule has 0 saturated carbocycles. The second-order valence-corrected chi connectivity index (χ2v) is 7.13. The highest BCUT2D eigenvalue weighted by Gasteiger charge is 2.27. The monoisotopic (exact) mass is 417 g/mol. The number of nitrogens with zero attached hydrogens (tertiary/aromatic N) is 5. The van der Waals surface area contributed by atoms with Crippen LogP contribution in [-0.2, 0) is 0 Å². The molecule has 4 rings (SSSR count). The zero-order valence-electron chi connectivity index (χ0n) is 14.9. The summed E-state index contributed by atoms with van der Waals surface area (Å²) in [7, 11) is 0. The van der Waals surface area contributed by atoms with Gasteiger partial charge >= 0.3 is 0 Å². The van der Waals surface area contributed by atoms with Gasteiger partial charge in [-0.05, 0) is 18.6 Å². The number of aliphatic imine (C=N–C) groups is 1. The zero-order valence-corrected chi connectivity index (χ0v) is 16.4. The van der Waals surface area contributed by atoms with Crippen molar-refractivity contribution in [3.05, 3.63) is 63.0 Å². The lowest BCUT2D eigenvalue weighted by molar-refractivity contribution is 0.286. The molecule has 144 valence electrons. The molecule has 0 saturated heterocycles. The van der Waals surface area contributed by atoms with Gasteiger partial charge in [-0.25, -0.2) is 14.5 Å². The number of hydrogen-bond acceptors (Lipinski definition) is 6. The van der Waals surface area contributed by atoms with Crippen LogP contribution >= 0.6 is 23.2 Å². The van der Waals surface area contributed by atoms with E-state index in [0.29, 0.717) is 46.0 Å². The Hall–Kier alpha value is -2.84. The van der Waals surface area contributed by atoms with Gasteiger partial charge in [0.2, 0.25) is 0 Å². The molecule has 28 heavy (non-hydrogen) atoms. The van der Waals surface area contributed by atoms with Crippen LogP contribution in [0.4, 0.5) is 0 Å². The molecule has 3 N–H and O–H groups in total. The maximum Gasteiger partial charge on any atom is 0.268 e. The maximum absolute atomic E-state index is 13.4. The van der Waals surface area contributed by atoms with Crippen LogP contribution in [0, 0.1) is 0 Å². The molecule has 0 amide bonds. The summed E-state index contributed by atoms with van der Waals surface area (Å²) >= 11 is 12.7. The average Bonchev–Trinajstić information content (AvgIpc) is 3.19. The van der Waals surface area contributed by atoms with E-state index in [0.717, 1.165) is 0 Å². The Morgan fingerprint density at radius 1 is 1.29 bits per heavy atom. The van der Waals surface area contributed by atoms with E-state index in [1.165, 1.54) is 4.57 Å². The number of nitrogens with one attached hydrogen (secondary N) is 1. The Balaban J connectivity index is 2.02. The second kappa shape index (κ2) is 7.29. The fourth-order valence-electron chi connectivity index (χ4n) is 3.34. The molecule has 0 fully saturated rings. The van der Waals surface area contributed by atoms with E-state index in [9.17, 15) is 4.79 Å². The van der Waals surface area contributed by atoms with Crippen molar-refractivity contribution in [1.29, 1.82) is 0 Å². The second-order valence-electron chi connectivity index (χ2n) is 6.32. The van der Waals surface area contributed by atoms with Crippen molar-refractivity contribution in [2.45, 2.75) is 19.4 Å². The maximum atomic E-state index is 13.4. The van der Waals surface area contributed by atoms with E-state index in [1.54, 1.807) is 30.6 Å². The molecule has 0 radical (unpaired) electrons. The molecule has 0 unspecified atom stereocenters. The fourth-order valence-corrected chi connectivity index (χ4v) is 3.77. The van der Waals surface area contributed by atoms with Gasteiger partial charge in [0.15, 0.2) is 0 Å². The van der Waals surface area contributed by atoms with E-state index in [4.69, 9.17) is 33.9 Å². The molecule has 3 heterocycles. The molecule has 1 aliphatic rings. The first-order valence-corrected chi connectivity index (χ1v) is 9.41. The molecule has 0 spiro atoms. The first-order chi connectivity index (χ1) is 13.5. The summed E-state index contributed by atoms with van der Waals surface area (Å²) in [6.45, 7) is 2.43. The molecule has 8 nitrogen and oxygen atoms in total. The summed E-state index contributed by atoms with van der Waals surface area (Å²) in [5.41, 5.74) is 5.95. The van der Waals surface area contributed by atoms with Crippen LogP contribution in [0.5, 0.6) is 0 Å². The van der Waals surface area contributed by atoms with Gasteiger partial charge in [-0.2, -0.15) is 5.10 Å². The van der Waals surface area contributed by atoms with Gasteiger partial charge in [-0.3, -0.25) is 9.89 Å². The van der Waals surface area contributed by atoms with Gasteiger partial charge in [-0.15, -0.1) is 0 Å². The van der Waals surface area contributed by atoms with Gasteiger partial charge in [0.05, 0.1) is 39.7 Å². The highest BCUT2D eigenvalue weighted by atomic mass is 35.5. The molecule has 0 aliphatic carbocycles. The highest BCUT2D eigenvalue weighted by molar-refractivity contribution is 6.39. The lowest BCUT2D eigenvalue weighted by atomic mass is 10.1. The number of benzene rings is 1. The van der Waals surface area contributed by atoms with E-state index >= 15 is 0 Å². The summed E-state index contributed by atoms with van der Waals surface area (Å²) in [6.07, 6.45) is 5.70. The van der Waals surface area contributed by atoms with Gasteiger partial charge in [-0.1, -0.05) is 30.1 Å². The average molecular weight is 418 g/mol. The largest absolute Gasteiger partial charge is 0.386 e. The number of hydrogen-bond donors (Lipinski definition) is 2. The van der Waals surface area contributed by atoms with Crippen molar-refractivity contribution in [2.24, 2.45) is 10.7 Å². The summed E-state index contributed by atoms with van der Waals surface area (Å²) in [4.78, 5) is 24.3. The topological polar surface area (TPSA) is 105 Å². The zero-order chi connectivity index (χ0) is 19.8. The third kappa shape index (κ3) is 3.04. The third-order valence-electron chi connectivity index (χ3n) is 4.61. The number of fused-ring (bicyclic) bond motifs is 1. The van der Waals surface area contributed by atoms with E-state index in [-0.39, 0.29) is 17.0 Å². The van der Waals surface area contributed by atoms with E-state index in [2.05, 4.69) is 15.2 Å².